The van der Waals surface area contributed by atoms with E-state index in [0.29, 0.717) is 6.61 Å². The number of thioether (sulfide) groups is 1. The molecule has 1 saturated carbocycles. The first-order valence-electron chi connectivity index (χ1n) is 5.16. The summed E-state index contributed by atoms with van der Waals surface area (Å²) < 4.78 is 0. The van der Waals surface area contributed by atoms with E-state index in [1.165, 1.54) is 44.9 Å². The van der Waals surface area contributed by atoms with Gasteiger partial charge in [0, 0.05) is 11.0 Å². The molecular formula is C10H20OS. The molecule has 12 heavy (non-hydrogen) atoms. The lowest BCUT2D eigenvalue weighted by Gasteiger charge is -2.18. The van der Waals surface area contributed by atoms with Crippen molar-refractivity contribution in [2.45, 2.75) is 50.2 Å². The Morgan fingerprint density at radius 1 is 1.00 bits per heavy atom. The second-order valence-corrected chi connectivity index (χ2v) is 4.97. The fraction of sp³-hybridized carbons (Fsp3) is 1.00. The Bertz CT molecular complexity index is 95.3. The molecule has 2 heteroatoms. The Labute approximate surface area is 79.9 Å². The number of hydrogen-bond acceptors (Lipinski definition) is 2. The Hall–Kier alpha value is 0.310. The minimum atomic E-state index is 0.348. The van der Waals surface area contributed by atoms with E-state index in [1.54, 1.807) is 0 Å². The van der Waals surface area contributed by atoms with Gasteiger partial charge >= 0.3 is 0 Å². The average Bonchev–Trinajstić information content (AvgIpc) is 2.02. The zero-order chi connectivity index (χ0) is 8.65. The molecule has 1 fully saturated rings. The van der Waals surface area contributed by atoms with Crippen LogP contribution in [-0.2, 0) is 0 Å². The zero-order valence-electron chi connectivity index (χ0n) is 7.80. The van der Waals surface area contributed by atoms with Crippen LogP contribution in [-0.4, -0.2) is 22.7 Å². The minimum Gasteiger partial charge on any atom is -0.396 e. The van der Waals surface area contributed by atoms with Crippen molar-refractivity contribution < 1.29 is 5.11 Å². The van der Waals surface area contributed by atoms with Gasteiger partial charge in [-0.15, -0.1) is 0 Å². The van der Waals surface area contributed by atoms with E-state index in [-0.39, 0.29) is 0 Å². The first-order chi connectivity index (χ1) is 5.93. The smallest absolute Gasteiger partial charge is 0.0521 e. The maximum atomic E-state index is 8.70. The van der Waals surface area contributed by atoms with Crippen molar-refractivity contribution in [2.24, 2.45) is 0 Å². The van der Waals surface area contributed by atoms with Gasteiger partial charge in [-0.3, -0.25) is 0 Å². The van der Waals surface area contributed by atoms with Crippen molar-refractivity contribution in [3.05, 3.63) is 0 Å². The topological polar surface area (TPSA) is 20.2 Å². The van der Waals surface area contributed by atoms with Gasteiger partial charge in [0.25, 0.3) is 0 Å². The molecule has 1 N–H and O–H groups in total. The Kier molecular flexibility index (Phi) is 5.88. The van der Waals surface area contributed by atoms with Gasteiger partial charge in [-0.05, 0) is 12.8 Å². The second-order valence-electron chi connectivity index (χ2n) is 3.56. The van der Waals surface area contributed by atoms with E-state index in [9.17, 15) is 0 Å². The van der Waals surface area contributed by atoms with Gasteiger partial charge in [0.1, 0.15) is 0 Å². The normalized spacial score (nSPS) is 21.8. The van der Waals surface area contributed by atoms with Crippen LogP contribution in [0.2, 0.25) is 0 Å². The molecule has 0 atom stereocenters. The summed E-state index contributed by atoms with van der Waals surface area (Å²) >= 11 is 1.97. The predicted octanol–water partition coefficient (Wildman–Crippen LogP) is 2.82. The van der Waals surface area contributed by atoms with Crippen molar-refractivity contribution in [2.75, 3.05) is 12.4 Å². The van der Waals surface area contributed by atoms with Gasteiger partial charge in [-0.2, -0.15) is 11.8 Å². The molecular weight excluding hydrogens is 168 g/mol. The average molecular weight is 188 g/mol. The lowest BCUT2D eigenvalue weighted by molar-refractivity contribution is 0.322. The highest BCUT2D eigenvalue weighted by Gasteiger charge is 2.10. The second kappa shape index (κ2) is 6.79. The van der Waals surface area contributed by atoms with Crippen molar-refractivity contribution in [3.63, 3.8) is 0 Å². The zero-order valence-corrected chi connectivity index (χ0v) is 8.61. The fourth-order valence-electron chi connectivity index (χ4n) is 1.80. The molecule has 0 heterocycles. The fourth-order valence-corrected chi connectivity index (χ4v) is 2.91. The van der Waals surface area contributed by atoms with E-state index in [1.807, 2.05) is 11.8 Å². The van der Waals surface area contributed by atoms with E-state index < -0.39 is 0 Å². The molecule has 72 valence electrons. The summed E-state index contributed by atoms with van der Waals surface area (Å²) in [6.45, 7) is 0.348. The number of aliphatic hydroxyl groups is 1. The van der Waals surface area contributed by atoms with Gasteiger partial charge < -0.3 is 5.11 Å². The molecule has 0 saturated heterocycles. The SMILES string of the molecule is OCCSC1CCCCCCC1. The Morgan fingerprint density at radius 2 is 1.58 bits per heavy atom. The standard InChI is InChI=1S/C10H20OS/c11-8-9-12-10-6-4-2-1-3-5-7-10/h10-11H,1-9H2. The third-order valence-corrected chi connectivity index (χ3v) is 3.86. The van der Waals surface area contributed by atoms with Crippen LogP contribution in [0, 0.1) is 0 Å². The number of hydrogen-bond donors (Lipinski definition) is 1. The maximum Gasteiger partial charge on any atom is 0.0521 e. The Balaban J connectivity index is 2.11. The van der Waals surface area contributed by atoms with E-state index >= 15 is 0 Å². The first-order valence-corrected chi connectivity index (χ1v) is 6.21. The van der Waals surface area contributed by atoms with Crippen LogP contribution >= 0.6 is 11.8 Å². The van der Waals surface area contributed by atoms with Crippen LogP contribution in [0.4, 0.5) is 0 Å². The maximum absolute atomic E-state index is 8.70. The van der Waals surface area contributed by atoms with Crippen LogP contribution in [0.3, 0.4) is 0 Å². The summed E-state index contributed by atoms with van der Waals surface area (Å²) in [5.74, 6) is 0.935. The van der Waals surface area contributed by atoms with E-state index in [4.69, 9.17) is 5.11 Å². The summed E-state index contributed by atoms with van der Waals surface area (Å²) in [7, 11) is 0. The summed E-state index contributed by atoms with van der Waals surface area (Å²) in [5.41, 5.74) is 0. The molecule has 1 nitrogen and oxygen atoms in total. The van der Waals surface area contributed by atoms with Crippen LogP contribution in [0.25, 0.3) is 0 Å². The van der Waals surface area contributed by atoms with Crippen molar-refractivity contribution >= 4 is 11.8 Å². The highest BCUT2D eigenvalue weighted by molar-refractivity contribution is 7.99. The first kappa shape index (κ1) is 10.4. The molecule has 0 aromatic carbocycles. The number of aliphatic hydroxyl groups excluding tert-OH is 1. The quantitative estimate of drug-likeness (QED) is 0.735. The third kappa shape index (κ3) is 4.36. The summed E-state index contributed by atoms with van der Waals surface area (Å²) in [4.78, 5) is 0. The molecule has 0 amide bonds. The van der Waals surface area contributed by atoms with Crippen molar-refractivity contribution in [1.29, 1.82) is 0 Å². The van der Waals surface area contributed by atoms with Gasteiger partial charge in [0.2, 0.25) is 0 Å². The van der Waals surface area contributed by atoms with Gasteiger partial charge in [0.15, 0.2) is 0 Å². The molecule has 1 aliphatic carbocycles. The molecule has 0 aromatic rings. The van der Waals surface area contributed by atoms with Crippen LogP contribution in [0.15, 0.2) is 0 Å². The van der Waals surface area contributed by atoms with E-state index in [2.05, 4.69) is 0 Å². The molecule has 1 rings (SSSR count). The molecule has 0 radical (unpaired) electrons. The van der Waals surface area contributed by atoms with Crippen LogP contribution < -0.4 is 0 Å². The van der Waals surface area contributed by atoms with Crippen LogP contribution in [0.5, 0.6) is 0 Å². The van der Waals surface area contributed by atoms with Crippen molar-refractivity contribution in [3.8, 4) is 0 Å². The molecule has 0 aromatic heterocycles. The highest BCUT2D eigenvalue weighted by Crippen LogP contribution is 2.26. The van der Waals surface area contributed by atoms with Crippen LogP contribution in [0.1, 0.15) is 44.9 Å². The summed E-state index contributed by atoms with van der Waals surface area (Å²) in [5, 5.41) is 9.55. The minimum absolute atomic E-state index is 0.348. The summed E-state index contributed by atoms with van der Waals surface area (Å²) in [6, 6.07) is 0. The predicted molar refractivity (Wildman–Crippen MR) is 55.7 cm³/mol. The van der Waals surface area contributed by atoms with Gasteiger partial charge in [0.05, 0.1) is 6.61 Å². The molecule has 0 aliphatic heterocycles. The lowest BCUT2D eigenvalue weighted by atomic mass is 10.0. The molecule has 0 spiro atoms. The molecule has 1 aliphatic rings. The number of rotatable bonds is 3. The molecule has 0 unspecified atom stereocenters. The van der Waals surface area contributed by atoms with Crippen molar-refractivity contribution in [1.82, 2.24) is 0 Å². The lowest BCUT2D eigenvalue weighted by Crippen LogP contribution is -2.07. The molecule has 0 bridgehead atoms. The van der Waals surface area contributed by atoms with E-state index in [0.717, 1.165) is 11.0 Å². The van der Waals surface area contributed by atoms with Gasteiger partial charge in [-0.1, -0.05) is 32.1 Å². The largest absolute Gasteiger partial charge is 0.396 e. The highest BCUT2D eigenvalue weighted by atomic mass is 32.2. The summed E-state index contributed by atoms with van der Waals surface area (Å²) in [6.07, 6.45) is 9.87. The monoisotopic (exact) mass is 188 g/mol. The van der Waals surface area contributed by atoms with Gasteiger partial charge in [-0.25, -0.2) is 0 Å². The third-order valence-electron chi connectivity index (χ3n) is 2.50. The Morgan fingerprint density at radius 3 is 2.17 bits per heavy atom.